The Hall–Kier alpha value is -3.29. The van der Waals surface area contributed by atoms with Gasteiger partial charge in [-0.1, -0.05) is 0 Å². The van der Waals surface area contributed by atoms with Crippen molar-refractivity contribution in [1.29, 1.82) is 0 Å². The number of aromatic nitrogens is 3. The molecule has 116 valence electrons. The SMILES string of the molecule is O=[N+]([O-])c1ccc(-c2n[nH]c(CNc3ccc(F)cc3)n2)cc1. The van der Waals surface area contributed by atoms with Crippen LogP contribution in [0.2, 0.25) is 0 Å². The van der Waals surface area contributed by atoms with Gasteiger partial charge in [0.05, 0.1) is 11.5 Å². The minimum atomic E-state index is -0.459. The lowest BCUT2D eigenvalue weighted by atomic mass is 10.2. The van der Waals surface area contributed by atoms with Gasteiger partial charge >= 0.3 is 0 Å². The summed E-state index contributed by atoms with van der Waals surface area (Å²) in [5.41, 5.74) is 1.46. The zero-order valence-corrected chi connectivity index (χ0v) is 11.9. The Morgan fingerprint density at radius 3 is 2.48 bits per heavy atom. The highest BCUT2D eigenvalue weighted by molar-refractivity contribution is 5.57. The van der Waals surface area contributed by atoms with Gasteiger partial charge in [-0.2, -0.15) is 5.10 Å². The number of anilines is 1. The monoisotopic (exact) mass is 313 g/mol. The summed E-state index contributed by atoms with van der Waals surface area (Å²) < 4.78 is 12.8. The van der Waals surface area contributed by atoms with E-state index in [4.69, 9.17) is 0 Å². The molecule has 0 aliphatic heterocycles. The number of aromatic amines is 1. The fourth-order valence-corrected chi connectivity index (χ4v) is 1.99. The topological polar surface area (TPSA) is 96.7 Å². The molecular weight excluding hydrogens is 301 g/mol. The van der Waals surface area contributed by atoms with Crippen molar-refractivity contribution in [2.75, 3.05) is 5.32 Å². The van der Waals surface area contributed by atoms with Gasteiger partial charge in [-0.25, -0.2) is 9.37 Å². The largest absolute Gasteiger partial charge is 0.378 e. The molecule has 2 N–H and O–H groups in total. The second kappa shape index (κ2) is 6.22. The van der Waals surface area contributed by atoms with E-state index in [0.717, 1.165) is 5.69 Å². The molecule has 2 aromatic carbocycles. The molecule has 0 bridgehead atoms. The molecule has 0 aliphatic carbocycles. The van der Waals surface area contributed by atoms with E-state index >= 15 is 0 Å². The van der Waals surface area contributed by atoms with Crippen LogP contribution in [0.1, 0.15) is 5.82 Å². The summed E-state index contributed by atoms with van der Waals surface area (Å²) in [6.45, 7) is 0.394. The third kappa shape index (κ3) is 3.49. The van der Waals surface area contributed by atoms with Gasteiger partial charge in [0, 0.05) is 23.4 Å². The quantitative estimate of drug-likeness (QED) is 0.557. The summed E-state index contributed by atoms with van der Waals surface area (Å²) >= 11 is 0. The maximum Gasteiger partial charge on any atom is 0.269 e. The molecule has 1 heterocycles. The van der Waals surface area contributed by atoms with E-state index in [1.54, 1.807) is 24.3 Å². The number of nitrogens with zero attached hydrogens (tertiary/aromatic N) is 3. The highest BCUT2D eigenvalue weighted by atomic mass is 19.1. The van der Waals surface area contributed by atoms with E-state index in [0.29, 0.717) is 23.8 Å². The lowest BCUT2D eigenvalue weighted by molar-refractivity contribution is -0.384. The predicted octanol–water partition coefficient (Wildman–Crippen LogP) is 3.13. The number of rotatable bonds is 5. The molecule has 0 atom stereocenters. The molecule has 8 heteroatoms. The Bertz CT molecular complexity index is 815. The number of hydrogen-bond acceptors (Lipinski definition) is 5. The Balaban J connectivity index is 1.67. The van der Waals surface area contributed by atoms with Gasteiger partial charge in [-0.05, 0) is 36.4 Å². The normalized spacial score (nSPS) is 10.5. The molecule has 0 fully saturated rings. The first-order chi connectivity index (χ1) is 11.1. The van der Waals surface area contributed by atoms with Gasteiger partial charge in [-0.3, -0.25) is 15.2 Å². The number of nitro benzene ring substituents is 1. The van der Waals surface area contributed by atoms with Crippen molar-refractivity contribution in [3.63, 3.8) is 0 Å². The molecule has 0 saturated carbocycles. The fourth-order valence-electron chi connectivity index (χ4n) is 1.99. The van der Waals surface area contributed by atoms with Crippen LogP contribution in [0.5, 0.6) is 0 Å². The first-order valence-electron chi connectivity index (χ1n) is 6.77. The van der Waals surface area contributed by atoms with E-state index in [-0.39, 0.29) is 11.5 Å². The van der Waals surface area contributed by atoms with Crippen molar-refractivity contribution in [2.45, 2.75) is 6.54 Å². The number of benzene rings is 2. The molecule has 0 amide bonds. The van der Waals surface area contributed by atoms with Gasteiger partial charge < -0.3 is 5.32 Å². The second-order valence-corrected chi connectivity index (χ2v) is 4.77. The number of nitro groups is 1. The third-order valence-electron chi connectivity index (χ3n) is 3.17. The van der Waals surface area contributed by atoms with Crippen LogP contribution in [0.25, 0.3) is 11.4 Å². The van der Waals surface area contributed by atoms with Crippen molar-refractivity contribution in [3.05, 3.63) is 70.3 Å². The number of halogens is 1. The van der Waals surface area contributed by atoms with Crippen LogP contribution in [0, 0.1) is 15.9 Å². The van der Waals surface area contributed by atoms with E-state index in [1.807, 2.05) is 0 Å². The summed E-state index contributed by atoms with van der Waals surface area (Å²) in [7, 11) is 0. The minimum Gasteiger partial charge on any atom is -0.378 e. The standard InChI is InChI=1S/C15H12FN5O2/c16-11-3-5-12(6-4-11)17-9-14-18-15(20-19-14)10-1-7-13(8-2-10)21(22)23/h1-8,17H,9H2,(H,18,19,20). The molecule has 3 aromatic rings. The van der Waals surface area contributed by atoms with Crippen molar-refractivity contribution in [3.8, 4) is 11.4 Å². The van der Waals surface area contributed by atoms with Crippen LogP contribution >= 0.6 is 0 Å². The molecule has 0 unspecified atom stereocenters. The zero-order chi connectivity index (χ0) is 16.2. The second-order valence-electron chi connectivity index (χ2n) is 4.77. The lowest BCUT2D eigenvalue weighted by Crippen LogP contribution is -2.01. The van der Waals surface area contributed by atoms with Crippen LogP contribution < -0.4 is 5.32 Å². The lowest BCUT2D eigenvalue weighted by Gasteiger charge is -2.03. The third-order valence-corrected chi connectivity index (χ3v) is 3.17. The van der Waals surface area contributed by atoms with Crippen LogP contribution in [-0.2, 0) is 6.54 Å². The molecule has 0 saturated heterocycles. The van der Waals surface area contributed by atoms with Gasteiger partial charge in [-0.15, -0.1) is 0 Å². The van der Waals surface area contributed by atoms with E-state index in [9.17, 15) is 14.5 Å². The van der Waals surface area contributed by atoms with Crippen molar-refractivity contribution in [2.24, 2.45) is 0 Å². The zero-order valence-electron chi connectivity index (χ0n) is 11.9. The number of hydrogen-bond donors (Lipinski definition) is 2. The van der Waals surface area contributed by atoms with E-state index in [1.165, 1.54) is 24.3 Å². The van der Waals surface area contributed by atoms with Crippen molar-refractivity contribution < 1.29 is 9.31 Å². The highest BCUT2D eigenvalue weighted by Gasteiger charge is 2.09. The summed E-state index contributed by atoms with van der Waals surface area (Å²) in [5.74, 6) is 0.758. The Labute approximate surface area is 130 Å². The molecule has 0 spiro atoms. The molecule has 1 aromatic heterocycles. The van der Waals surface area contributed by atoms with E-state index < -0.39 is 4.92 Å². The average Bonchev–Trinajstić information content (AvgIpc) is 3.03. The van der Waals surface area contributed by atoms with Gasteiger partial charge in [0.2, 0.25) is 0 Å². The number of non-ortho nitro benzene ring substituents is 1. The van der Waals surface area contributed by atoms with Gasteiger partial charge in [0.25, 0.3) is 5.69 Å². The first kappa shape index (κ1) is 14.6. The predicted molar refractivity (Wildman–Crippen MR) is 82.2 cm³/mol. The van der Waals surface area contributed by atoms with Crippen molar-refractivity contribution in [1.82, 2.24) is 15.2 Å². The molecule has 0 aliphatic rings. The number of nitrogens with one attached hydrogen (secondary N) is 2. The van der Waals surface area contributed by atoms with Crippen LogP contribution in [0.4, 0.5) is 15.8 Å². The van der Waals surface area contributed by atoms with Gasteiger partial charge in [0.1, 0.15) is 11.6 Å². The maximum atomic E-state index is 12.8. The molecule has 23 heavy (non-hydrogen) atoms. The fraction of sp³-hybridized carbons (Fsp3) is 0.0667. The van der Waals surface area contributed by atoms with Gasteiger partial charge in [0.15, 0.2) is 5.82 Å². The van der Waals surface area contributed by atoms with E-state index in [2.05, 4.69) is 20.5 Å². The minimum absolute atomic E-state index is 0.0162. The van der Waals surface area contributed by atoms with Crippen molar-refractivity contribution >= 4 is 11.4 Å². The van der Waals surface area contributed by atoms with Crippen LogP contribution in [0.15, 0.2) is 48.5 Å². The summed E-state index contributed by atoms with van der Waals surface area (Å²) in [5, 5.41) is 20.6. The van der Waals surface area contributed by atoms with Crippen LogP contribution in [-0.4, -0.2) is 20.1 Å². The summed E-state index contributed by atoms with van der Waals surface area (Å²) in [4.78, 5) is 14.5. The number of H-pyrrole nitrogens is 1. The molecule has 7 nitrogen and oxygen atoms in total. The molecule has 0 radical (unpaired) electrons. The van der Waals surface area contributed by atoms with Crippen LogP contribution in [0.3, 0.4) is 0 Å². The Kier molecular flexibility index (Phi) is 3.96. The first-order valence-corrected chi connectivity index (χ1v) is 6.77. The Morgan fingerprint density at radius 2 is 1.83 bits per heavy atom. The molecular formula is C15H12FN5O2. The Morgan fingerprint density at radius 1 is 1.13 bits per heavy atom. The summed E-state index contributed by atoms with van der Waals surface area (Å²) in [6.07, 6.45) is 0. The average molecular weight is 313 g/mol. The smallest absolute Gasteiger partial charge is 0.269 e. The summed E-state index contributed by atoms with van der Waals surface area (Å²) in [6, 6.07) is 12.0. The maximum absolute atomic E-state index is 12.8. The highest BCUT2D eigenvalue weighted by Crippen LogP contribution is 2.19. The molecule has 3 rings (SSSR count).